The van der Waals surface area contributed by atoms with Crippen LogP contribution < -0.4 is 20.1 Å². The van der Waals surface area contributed by atoms with E-state index < -0.39 is 0 Å². The molecular formula is C14H19ClN2O3. The summed E-state index contributed by atoms with van der Waals surface area (Å²) in [7, 11) is 0. The Bertz CT molecular complexity index is 475. The van der Waals surface area contributed by atoms with Crippen LogP contribution in [0.1, 0.15) is 18.4 Å². The molecule has 1 aromatic rings. The molecule has 1 fully saturated rings. The maximum atomic E-state index is 12.0. The lowest BCUT2D eigenvalue weighted by atomic mass is 10.1. The van der Waals surface area contributed by atoms with Gasteiger partial charge in [0, 0.05) is 12.6 Å². The van der Waals surface area contributed by atoms with Crippen molar-refractivity contribution in [2.75, 3.05) is 19.9 Å². The Balaban J connectivity index is 0.00000147. The first-order valence-corrected chi connectivity index (χ1v) is 6.70. The molecule has 20 heavy (non-hydrogen) atoms. The van der Waals surface area contributed by atoms with Gasteiger partial charge in [-0.3, -0.25) is 4.79 Å². The molecule has 110 valence electrons. The molecule has 0 bridgehead atoms. The van der Waals surface area contributed by atoms with Gasteiger partial charge in [0.15, 0.2) is 11.5 Å². The molecule has 2 aliphatic rings. The fourth-order valence-corrected chi connectivity index (χ4v) is 2.49. The molecule has 2 N–H and O–H groups in total. The zero-order valence-corrected chi connectivity index (χ0v) is 12.0. The van der Waals surface area contributed by atoms with Gasteiger partial charge in [0.25, 0.3) is 0 Å². The van der Waals surface area contributed by atoms with Gasteiger partial charge in [-0.05, 0) is 37.1 Å². The smallest absolute Gasteiger partial charge is 0.231 e. The van der Waals surface area contributed by atoms with Gasteiger partial charge in [-0.15, -0.1) is 12.4 Å². The first-order chi connectivity index (χ1) is 9.31. The molecular weight excluding hydrogens is 280 g/mol. The number of halogens is 1. The van der Waals surface area contributed by atoms with Gasteiger partial charge < -0.3 is 20.1 Å². The first-order valence-electron chi connectivity index (χ1n) is 6.70. The zero-order valence-electron chi connectivity index (χ0n) is 11.2. The van der Waals surface area contributed by atoms with E-state index in [0.29, 0.717) is 6.42 Å². The Morgan fingerprint density at radius 1 is 1.35 bits per heavy atom. The van der Waals surface area contributed by atoms with Crippen LogP contribution in [0.4, 0.5) is 0 Å². The van der Waals surface area contributed by atoms with Crippen LogP contribution in [-0.2, 0) is 11.2 Å². The summed E-state index contributed by atoms with van der Waals surface area (Å²) in [6.07, 6.45) is 2.56. The highest BCUT2D eigenvalue weighted by atomic mass is 35.5. The minimum atomic E-state index is 0. The standard InChI is InChI=1S/C14H18N2O3.ClH/c17-14(16-11-2-1-5-15-8-11)7-10-3-4-12-13(6-10)19-9-18-12;/h3-4,6,11,15H,1-2,5,7-9H2,(H,16,17);1H. The van der Waals surface area contributed by atoms with E-state index in [1.54, 1.807) is 0 Å². The van der Waals surface area contributed by atoms with Crippen LogP contribution in [-0.4, -0.2) is 31.8 Å². The average Bonchev–Trinajstić information content (AvgIpc) is 2.87. The van der Waals surface area contributed by atoms with Crippen molar-refractivity contribution in [2.45, 2.75) is 25.3 Å². The molecule has 2 aliphatic heterocycles. The van der Waals surface area contributed by atoms with Crippen molar-refractivity contribution in [3.63, 3.8) is 0 Å². The van der Waals surface area contributed by atoms with Crippen molar-refractivity contribution in [1.82, 2.24) is 10.6 Å². The van der Waals surface area contributed by atoms with E-state index in [0.717, 1.165) is 43.0 Å². The third kappa shape index (κ3) is 3.55. The summed E-state index contributed by atoms with van der Waals surface area (Å²) >= 11 is 0. The minimum Gasteiger partial charge on any atom is -0.454 e. The third-order valence-corrected chi connectivity index (χ3v) is 3.46. The fraction of sp³-hybridized carbons (Fsp3) is 0.500. The van der Waals surface area contributed by atoms with Crippen LogP contribution in [0.5, 0.6) is 11.5 Å². The van der Waals surface area contributed by atoms with Gasteiger partial charge in [0.1, 0.15) is 0 Å². The van der Waals surface area contributed by atoms with E-state index in [1.807, 2.05) is 18.2 Å². The Morgan fingerprint density at radius 3 is 3.00 bits per heavy atom. The predicted molar refractivity (Wildman–Crippen MR) is 77.6 cm³/mol. The molecule has 1 amide bonds. The largest absolute Gasteiger partial charge is 0.454 e. The SMILES string of the molecule is Cl.O=C(Cc1ccc2c(c1)OCO2)NC1CCCNC1. The first kappa shape index (κ1) is 14.9. The van der Waals surface area contributed by atoms with Gasteiger partial charge >= 0.3 is 0 Å². The fourth-order valence-electron chi connectivity index (χ4n) is 2.49. The lowest BCUT2D eigenvalue weighted by Gasteiger charge is -2.23. The van der Waals surface area contributed by atoms with Gasteiger partial charge in [0.2, 0.25) is 12.7 Å². The molecule has 0 aromatic heterocycles. The highest BCUT2D eigenvalue weighted by molar-refractivity contribution is 5.85. The summed E-state index contributed by atoms with van der Waals surface area (Å²) in [6.45, 7) is 2.18. The monoisotopic (exact) mass is 298 g/mol. The number of fused-ring (bicyclic) bond motifs is 1. The topological polar surface area (TPSA) is 59.6 Å². The Morgan fingerprint density at radius 2 is 2.20 bits per heavy atom. The van der Waals surface area contributed by atoms with E-state index >= 15 is 0 Å². The van der Waals surface area contributed by atoms with Crippen molar-refractivity contribution < 1.29 is 14.3 Å². The van der Waals surface area contributed by atoms with Crippen LogP contribution >= 0.6 is 12.4 Å². The van der Waals surface area contributed by atoms with Gasteiger partial charge in [-0.1, -0.05) is 6.07 Å². The van der Waals surface area contributed by atoms with Crippen molar-refractivity contribution >= 4 is 18.3 Å². The number of benzene rings is 1. The minimum absolute atomic E-state index is 0. The van der Waals surface area contributed by atoms with Gasteiger partial charge in [-0.25, -0.2) is 0 Å². The number of ether oxygens (including phenoxy) is 2. The lowest BCUT2D eigenvalue weighted by Crippen LogP contribution is -2.46. The number of carbonyl (C=O) groups excluding carboxylic acids is 1. The molecule has 0 spiro atoms. The molecule has 1 aromatic carbocycles. The molecule has 0 radical (unpaired) electrons. The van der Waals surface area contributed by atoms with E-state index in [-0.39, 0.29) is 31.1 Å². The molecule has 1 unspecified atom stereocenters. The zero-order chi connectivity index (χ0) is 13.1. The normalized spacial score (nSPS) is 20.1. The molecule has 1 atom stereocenters. The van der Waals surface area contributed by atoms with E-state index in [2.05, 4.69) is 10.6 Å². The molecule has 0 saturated carbocycles. The summed E-state index contributed by atoms with van der Waals surface area (Å²) in [5.74, 6) is 1.54. The second kappa shape index (κ2) is 6.81. The number of rotatable bonds is 3. The summed E-state index contributed by atoms with van der Waals surface area (Å²) in [4.78, 5) is 12.0. The van der Waals surface area contributed by atoms with Crippen LogP contribution in [0.15, 0.2) is 18.2 Å². The molecule has 3 rings (SSSR count). The van der Waals surface area contributed by atoms with Gasteiger partial charge in [0.05, 0.1) is 6.42 Å². The van der Waals surface area contributed by atoms with Crippen LogP contribution in [0.25, 0.3) is 0 Å². The summed E-state index contributed by atoms with van der Waals surface area (Å²) in [5.41, 5.74) is 0.950. The van der Waals surface area contributed by atoms with Crippen molar-refractivity contribution in [3.05, 3.63) is 23.8 Å². The Kier molecular flexibility index (Phi) is 5.09. The third-order valence-electron chi connectivity index (χ3n) is 3.46. The summed E-state index contributed by atoms with van der Waals surface area (Å²) < 4.78 is 10.6. The molecule has 1 saturated heterocycles. The molecule has 2 heterocycles. The summed E-state index contributed by atoms with van der Waals surface area (Å²) in [5, 5.41) is 6.35. The maximum Gasteiger partial charge on any atom is 0.231 e. The van der Waals surface area contributed by atoms with Crippen molar-refractivity contribution in [1.29, 1.82) is 0 Å². The van der Waals surface area contributed by atoms with Crippen LogP contribution in [0.3, 0.4) is 0 Å². The van der Waals surface area contributed by atoms with E-state index in [1.165, 1.54) is 0 Å². The average molecular weight is 299 g/mol. The maximum absolute atomic E-state index is 12.0. The predicted octanol–water partition coefficient (Wildman–Crippen LogP) is 1.25. The lowest BCUT2D eigenvalue weighted by molar-refractivity contribution is -0.121. The van der Waals surface area contributed by atoms with Crippen LogP contribution in [0.2, 0.25) is 0 Å². The molecule has 5 nitrogen and oxygen atoms in total. The number of amides is 1. The van der Waals surface area contributed by atoms with Crippen molar-refractivity contribution in [2.24, 2.45) is 0 Å². The van der Waals surface area contributed by atoms with E-state index in [9.17, 15) is 4.79 Å². The number of nitrogens with one attached hydrogen (secondary N) is 2. The Labute approximate surface area is 124 Å². The second-order valence-corrected chi connectivity index (χ2v) is 4.98. The summed E-state index contributed by atoms with van der Waals surface area (Å²) in [6, 6.07) is 5.90. The number of hydrogen-bond acceptors (Lipinski definition) is 4. The van der Waals surface area contributed by atoms with Crippen LogP contribution in [0, 0.1) is 0 Å². The number of piperidine rings is 1. The van der Waals surface area contributed by atoms with Crippen molar-refractivity contribution in [3.8, 4) is 11.5 Å². The second-order valence-electron chi connectivity index (χ2n) is 4.98. The van der Waals surface area contributed by atoms with E-state index in [4.69, 9.17) is 9.47 Å². The quantitative estimate of drug-likeness (QED) is 0.882. The molecule has 0 aliphatic carbocycles. The van der Waals surface area contributed by atoms with Gasteiger partial charge in [-0.2, -0.15) is 0 Å². The number of hydrogen-bond donors (Lipinski definition) is 2. The highest BCUT2D eigenvalue weighted by Gasteiger charge is 2.17. The Hall–Kier alpha value is -1.46. The highest BCUT2D eigenvalue weighted by Crippen LogP contribution is 2.32. The number of carbonyl (C=O) groups is 1. The molecule has 6 heteroatoms.